The first-order valence-electron chi connectivity index (χ1n) is 5.75. The van der Waals surface area contributed by atoms with Gasteiger partial charge in [0, 0.05) is 5.69 Å². The molecular weight excluding hydrogens is 319 g/mol. The Morgan fingerprint density at radius 2 is 1.95 bits per heavy atom. The molecule has 0 aliphatic heterocycles. The van der Waals surface area contributed by atoms with E-state index >= 15 is 0 Å². The highest BCUT2D eigenvalue weighted by Crippen LogP contribution is 2.30. The summed E-state index contributed by atoms with van der Waals surface area (Å²) in [4.78, 5) is -0.626. The van der Waals surface area contributed by atoms with Crippen LogP contribution in [0.25, 0.3) is 0 Å². The van der Waals surface area contributed by atoms with Gasteiger partial charge < -0.3 is 10.5 Å². The Bertz CT molecular complexity index is 781. The predicted molar refractivity (Wildman–Crippen MR) is 79.6 cm³/mol. The molecule has 2 rings (SSSR count). The maximum absolute atomic E-state index is 13.9. The summed E-state index contributed by atoms with van der Waals surface area (Å²) in [5, 5.41) is -0.365. The minimum Gasteiger partial charge on any atom is -0.495 e. The third kappa shape index (κ3) is 3.20. The average molecular weight is 331 g/mol. The second-order valence-corrected chi connectivity index (χ2v) is 6.18. The fourth-order valence-electron chi connectivity index (χ4n) is 1.71. The minimum absolute atomic E-state index is 0.0433. The second kappa shape index (κ2) is 5.79. The molecule has 3 N–H and O–H groups in total. The van der Waals surface area contributed by atoms with Gasteiger partial charge in [-0.3, -0.25) is 4.72 Å². The summed E-state index contributed by atoms with van der Waals surface area (Å²) in [6, 6.07) is 8.48. The van der Waals surface area contributed by atoms with Crippen LogP contribution in [0.2, 0.25) is 5.02 Å². The molecule has 0 heterocycles. The number of anilines is 2. The van der Waals surface area contributed by atoms with Crippen LogP contribution < -0.4 is 15.2 Å². The van der Waals surface area contributed by atoms with E-state index in [1.54, 1.807) is 18.2 Å². The van der Waals surface area contributed by atoms with Crippen LogP contribution in [0.4, 0.5) is 15.8 Å². The van der Waals surface area contributed by atoms with Crippen LogP contribution in [0.15, 0.2) is 41.3 Å². The molecule has 112 valence electrons. The lowest BCUT2D eigenvalue weighted by Crippen LogP contribution is -2.15. The Hall–Kier alpha value is -1.99. The number of halogens is 2. The van der Waals surface area contributed by atoms with Gasteiger partial charge in [-0.2, -0.15) is 0 Å². The van der Waals surface area contributed by atoms with E-state index in [4.69, 9.17) is 22.1 Å². The van der Waals surface area contributed by atoms with Crippen LogP contribution in [0.5, 0.6) is 5.75 Å². The van der Waals surface area contributed by atoms with Crippen LogP contribution in [-0.4, -0.2) is 15.5 Å². The quantitative estimate of drug-likeness (QED) is 0.845. The summed E-state index contributed by atoms with van der Waals surface area (Å²) in [6.07, 6.45) is 0. The van der Waals surface area contributed by atoms with Crippen LogP contribution >= 0.6 is 11.6 Å². The molecule has 8 heteroatoms. The van der Waals surface area contributed by atoms with Crippen molar-refractivity contribution in [2.45, 2.75) is 4.90 Å². The highest BCUT2D eigenvalue weighted by molar-refractivity contribution is 7.92. The van der Waals surface area contributed by atoms with Crippen LogP contribution in [0.3, 0.4) is 0 Å². The van der Waals surface area contributed by atoms with Gasteiger partial charge in [0.25, 0.3) is 10.0 Å². The molecule has 2 aromatic rings. The molecule has 0 amide bonds. The number of nitrogen functional groups attached to an aromatic ring is 1. The number of nitrogens with one attached hydrogen (secondary N) is 1. The van der Waals surface area contributed by atoms with Crippen molar-refractivity contribution in [3.05, 3.63) is 47.2 Å². The molecule has 0 atom stereocenters. The first kappa shape index (κ1) is 15.4. The number of rotatable bonds is 4. The zero-order valence-corrected chi connectivity index (χ0v) is 12.5. The molecule has 0 saturated carbocycles. The first-order valence-corrected chi connectivity index (χ1v) is 7.61. The molecule has 0 radical (unpaired) electrons. The van der Waals surface area contributed by atoms with E-state index < -0.39 is 20.7 Å². The smallest absolute Gasteiger partial charge is 0.265 e. The Balaban J connectivity index is 2.49. The van der Waals surface area contributed by atoms with Crippen LogP contribution in [-0.2, 0) is 10.0 Å². The number of methoxy groups -OCH3 is 1. The van der Waals surface area contributed by atoms with Gasteiger partial charge in [-0.1, -0.05) is 23.7 Å². The SMILES string of the molecule is COc1ccccc1NS(=O)(=O)c1cc(N)cc(Cl)c1F. The summed E-state index contributed by atoms with van der Waals surface area (Å²) >= 11 is 5.61. The third-order valence-corrected chi connectivity index (χ3v) is 4.30. The summed E-state index contributed by atoms with van der Waals surface area (Å²) < 4.78 is 45.7. The molecule has 0 aliphatic rings. The van der Waals surface area contributed by atoms with E-state index in [1.807, 2.05) is 0 Å². The van der Waals surface area contributed by atoms with Crippen molar-refractivity contribution < 1.29 is 17.5 Å². The van der Waals surface area contributed by atoms with Crippen molar-refractivity contribution in [1.29, 1.82) is 0 Å². The topological polar surface area (TPSA) is 81.4 Å². The highest BCUT2D eigenvalue weighted by atomic mass is 35.5. The normalized spacial score (nSPS) is 11.2. The third-order valence-electron chi connectivity index (χ3n) is 2.66. The van der Waals surface area contributed by atoms with Gasteiger partial charge in [0.2, 0.25) is 0 Å². The lowest BCUT2D eigenvalue weighted by Gasteiger charge is -2.13. The molecular formula is C13H12ClFN2O3S. The lowest BCUT2D eigenvalue weighted by molar-refractivity contribution is 0.417. The van der Waals surface area contributed by atoms with Gasteiger partial charge in [0.05, 0.1) is 17.8 Å². The molecule has 0 aromatic heterocycles. The van der Waals surface area contributed by atoms with Crippen molar-refractivity contribution in [3.8, 4) is 5.75 Å². The van der Waals surface area contributed by atoms with Gasteiger partial charge in [-0.25, -0.2) is 12.8 Å². The molecule has 0 fully saturated rings. The number of sulfonamides is 1. The second-order valence-electron chi connectivity index (χ2n) is 4.12. The Morgan fingerprint density at radius 1 is 1.29 bits per heavy atom. The van der Waals surface area contributed by atoms with Gasteiger partial charge in [-0.05, 0) is 24.3 Å². The van der Waals surface area contributed by atoms with Crippen molar-refractivity contribution in [3.63, 3.8) is 0 Å². The van der Waals surface area contributed by atoms with Crippen LogP contribution in [0, 0.1) is 5.82 Å². The van der Waals surface area contributed by atoms with E-state index in [0.29, 0.717) is 5.75 Å². The number of ether oxygens (including phenoxy) is 1. The summed E-state index contributed by atoms with van der Waals surface area (Å²) in [7, 11) is -2.80. The number of nitrogens with two attached hydrogens (primary N) is 1. The molecule has 0 saturated heterocycles. The monoisotopic (exact) mass is 330 g/mol. The molecule has 0 unspecified atom stereocenters. The summed E-state index contributed by atoms with van der Waals surface area (Å²) in [5.41, 5.74) is 5.73. The standard InChI is InChI=1S/C13H12ClFN2O3S/c1-20-11-5-3-2-4-10(11)17-21(18,19)12-7-8(16)6-9(14)13(12)15/h2-7,17H,16H2,1H3. The Labute approximate surface area is 126 Å². The van der Waals surface area contributed by atoms with E-state index in [9.17, 15) is 12.8 Å². The summed E-state index contributed by atoms with van der Waals surface area (Å²) in [6.45, 7) is 0. The fraction of sp³-hybridized carbons (Fsp3) is 0.0769. The van der Waals surface area contributed by atoms with Gasteiger partial charge in [-0.15, -0.1) is 0 Å². The highest BCUT2D eigenvalue weighted by Gasteiger charge is 2.23. The van der Waals surface area contributed by atoms with Crippen LogP contribution in [0.1, 0.15) is 0 Å². The molecule has 5 nitrogen and oxygen atoms in total. The van der Waals surface area contributed by atoms with Crippen molar-refractivity contribution in [2.24, 2.45) is 0 Å². The van der Waals surface area contributed by atoms with Crippen molar-refractivity contribution >= 4 is 33.0 Å². The largest absolute Gasteiger partial charge is 0.495 e. The Morgan fingerprint density at radius 3 is 2.62 bits per heavy atom. The average Bonchev–Trinajstić information content (AvgIpc) is 2.43. The Kier molecular flexibility index (Phi) is 4.24. The van der Waals surface area contributed by atoms with E-state index in [1.165, 1.54) is 13.2 Å². The van der Waals surface area contributed by atoms with Crippen molar-refractivity contribution in [1.82, 2.24) is 0 Å². The molecule has 0 aliphatic carbocycles. The molecule has 2 aromatic carbocycles. The molecule has 0 bridgehead atoms. The fourth-order valence-corrected chi connectivity index (χ4v) is 3.20. The molecule has 21 heavy (non-hydrogen) atoms. The summed E-state index contributed by atoms with van der Waals surface area (Å²) in [5.74, 6) is -0.759. The number of hydrogen-bond donors (Lipinski definition) is 2. The first-order chi connectivity index (χ1) is 9.85. The van der Waals surface area contributed by atoms with E-state index in [2.05, 4.69) is 4.72 Å². The number of hydrogen-bond acceptors (Lipinski definition) is 4. The van der Waals surface area contributed by atoms with E-state index in [0.717, 1.165) is 12.1 Å². The molecule has 0 spiro atoms. The zero-order valence-electron chi connectivity index (χ0n) is 10.9. The zero-order chi connectivity index (χ0) is 15.6. The van der Waals surface area contributed by atoms with Gasteiger partial charge in [0.15, 0.2) is 5.82 Å². The van der Waals surface area contributed by atoms with Gasteiger partial charge in [0.1, 0.15) is 10.6 Å². The van der Waals surface area contributed by atoms with Crippen molar-refractivity contribution in [2.75, 3.05) is 17.6 Å². The minimum atomic E-state index is -4.19. The van der Waals surface area contributed by atoms with Gasteiger partial charge >= 0.3 is 0 Å². The number of para-hydroxylation sites is 2. The number of benzene rings is 2. The van der Waals surface area contributed by atoms with E-state index in [-0.39, 0.29) is 16.4 Å². The maximum atomic E-state index is 13.9. The lowest BCUT2D eigenvalue weighted by atomic mass is 10.3. The predicted octanol–water partition coefficient (Wildman–Crippen LogP) is 2.87. The maximum Gasteiger partial charge on any atom is 0.265 e.